The van der Waals surface area contributed by atoms with E-state index in [1.165, 1.54) is 6.08 Å². The third-order valence-electron chi connectivity index (χ3n) is 2.74. The maximum Gasteiger partial charge on any atom is 0.126 e. The summed E-state index contributed by atoms with van der Waals surface area (Å²) in [5.74, 6) is 0. The number of fused-ring (bicyclic) bond motifs is 1. The second kappa shape index (κ2) is 3.96. The van der Waals surface area contributed by atoms with Crippen LogP contribution in [0.25, 0.3) is 15.8 Å². The molecule has 3 rings (SSSR count). The van der Waals surface area contributed by atoms with E-state index in [2.05, 4.69) is 4.98 Å². The van der Waals surface area contributed by atoms with Crippen LogP contribution in [0.1, 0.15) is 11.4 Å². The SMILES string of the molecule is NC1=CC(F)CC=C1c1nc2ccccc2s1. The molecule has 17 heavy (non-hydrogen) atoms. The van der Waals surface area contributed by atoms with Gasteiger partial charge in [0.1, 0.15) is 11.2 Å². The Morgan fingerprint density at radius 3 is 2.94 bits per heavy atom. The van der Waals surface area contributed by atoms with Crippen molar-refractivity contribution < 1.29 is 4.39 Å². The molecule has 1 aromatic carbocycles. The van der Waals surface area contributed by atoms with E-state index in [9.17, 15) is 4.39 Å². The number of thiazole rings is 1. The van der Waals surface area contributed by atoms with Gasteiger partial charge in [0.15, 0.2) is 0 Å². The van der Waals surface area contributed by atoms with E-state index in [1.807, 2.05) is 30.3 Å². The van der Waals surface area contributed by atoms with Gasteiger partial charge in [0.25, 0.3) is 0 Å². The number of rotatable bonds is 1. The van der Waals surface area contributed by atoms with Crippen LogP contribution in [0.3, 0.4) is 0 Å². The molecule has 2 aromatic rings. The first-order valence-electron chi connectivity index (χ1n) is 5.42. The molecule has 1 aliphatic carbocycles. The fourth-order valence-electron chi connectivity index (χ4n) is 1.90. The molecule has 0 radical (unpaired) electrons. The van der Waals surface area contributed by atoms with Crippen LogP contribution < -0.4 is 5.73 Å². The number of halogens is 1. The second-order valence-corrected chi connectivity index (χ2v) is 5.01. The Bertz CT molecular complexity index is 594. The first-order valence-corrected chi connectivity index (χ1v) is 6.23. The van der Waals surface area contributed by atoms with E-state index < -0.39 is 6.17 Å². The molecule has 0 fully saturated rings. The summed E-state index contributed by atoms with van der Waals surface area (Å²) in [5.41, 5.74) is 8.15. The minimum Gasteiger partial charge on any atom is -0.398 e. The van der Waals surface area contributed by atoms with Gasteiger partial charge in [0, 0.05) is 17.7 Å². The van der Waals surface area contributed by atoms with Crippen LogP contribution in [-0.2, 0) is 0 Å². The van der Waals surface area contributed by atoms with Crippen LogP contribution in [0.4, 0.5) is 4.39 Å². The van der Waals surface area contributed by atoms with Crippen molar-refractivity contribution in [1.29, 1.82) is 0 Å². The number of allylic oxidation sites excluding steroid dienone is 3. The molecule has 1 aromatic heterocycles. The quantitative estimate of drug-likeness (QED) is 0.838. The molecule has 2 N–H and O–H groups in total. The Morgan fingerprint density at radius 1 is 1.35 bits per heavy atom. The highest BCUT2D eigenvalue weighted by molar-refractivity contribution is 7.19. The summed E-state index contributed by atoms with van der Waals surface area (Å²) in [7, 11) is 0. The smallest absolute Gasteiger partial charge is 0.126 e. The molecular formula is C13H11FN2S. The summed E-state index contributed by atoms with van der Waals surface area (Å²) in [6.45, 7) is 0. The molecule has 4 heteroatoms. The Hall–Kier alpha value is -1.68. The first-order chi connectivity index (χ1) is 8.24. The molecule has 0 aliphatic heterocycles. The molecule has 0 saturated heterocycles. The molecule has 1 atom stereocenters. The number of benzene rings is 1. The van der Waals surface area contributed by atoms with Gasteiger partial charge in [0.05, 0.1) is 10.2 Å². The van der Waals surface area contributed by atoms with E-state index in [-0.39, 0.29) is 0 Å². The number of alkyl halides is 1. The summed E-state index contributed by atoms with van der Waals surface area (Å²) >= 11 is 1.59. The van der Waals surface area contributed by atoms with Crippen molar-refractivity contribution in [2.24, 2.45) is 5.73 Å². The number of para-hydroxylation sites is 1. The number of nitrogens with zero attached hydrogens (tertiary/aromatic N) is 1. The average Bonchev–Trinajstić information content (AvgIpc) is 2.72. The third kappa shape index (κ3) is 1.85. The van der Waals surface area contributed by atoms with Crippen molar-refractivity contribution in [3.8, 4) is 0 Å². The maximum absolute atomic E-state index is 13.1. The minimum absolute atomic E-state index is 0.381. The molecular weight excluding hydrogens is 235 g/mol. The van der Waals surface area contributed by atoms with Crippen LogP contribution in [0.5, 0.6) is 0 Å². The Labute approximate surface area is 102 Å². The van der Waals surface area contributed by atoms with E-state index in [4.69, 9.17) is 5.73 Å². The van der Waals surface area contributed by atoms with Crippen molar-refractivity contribution >= 4 is 27.1 Å². The fraction of sp³-hybridized carbons (Fsp3) is 0.154. The number of hydrogen-bond acceptors (Lipinski definition) is 3. The molecule has 0 amide bonds. The summed E-state index contributed by atoms with van der Waals surface area (Å²) in [5, 5.41) is 0.867. The monoisotopic (exact) mass is 246 g/mol. The van der Waals surface area contributed by atoms with Crippen molar-refractivity contribution in [3.63, 3.8) is 0 Å². The molecule has 2 nitrogen and oxygen atoms in total. The Kier molecular flexibility index (Phi) is 2.44. The van der Waals surface area contributed by atoms with Gasteiger partial charge in [-0.3, -0.25) is 0 Å². The summed E-state index contributed by atoms with van der Waals surface area (Å²) < 4.78 is 14.2. The zero-order valence-corrected chi connectivity index (χ0v) is 9.88. The van der Waals surface area contributed by atoms with Crippen LogP contribution >= 0.6 is 11.3 Å². The summed E-state index contributed by atoms with van der Waals surface area (Å²) in [4.78, 5) is 4.52. The average molecular weight is 246 g/mol. The molecule has 0 bridgehead atoms. The van der Waals surface area contributed by atoms with Gasteiger partial charge in [-0.1, -0.05) is 18.2 Å². The van der Waals surface area contributed by atoms with Crippen molar-refractivity contribution in [3.05, 3.63) is 47.1 Å². The van der Waals surface area contributed by atoms with Crippen LogP contribution in [-0.4, -0.2) is 11.2 Å². The molecule has 0 saturated carbocycles. The van der Waals surface area contributed by atoms with E-state index in [0.717, 1.165) is 20.8 Å². The van der Waals surface area contributed by atoms with E-state index >= 15 is 0 Å². The lowest BCUT2D eigenvalue weighted by Gasteiger charge is -2.12. The van der Waals surface area contributed by atoms with Crippen molar-refractivity contribution in [2.75, 3.05) is 0 Å². The van der Waals surface area contributed by atoms with E-state index in [0.29, 0.717) is 12.1 Å². The van der Waals surface area contributed by atoms with Crippen molar-refractivity contribution in [1.82, 2.24) is 4.98 Å². The van der Waals surface area contributed by atoms with Gasteiger partial charge >= 0.3 is 0 Å². The Morgan fingerprint density at radius 2 is 2.18 bits per heavy atom. The zero-order chi connectivity index (χ0) is 11.8. The van der Waals surface area contributed by atoms with Gasteiger partial charge in [-0.15, -0.1) is 11.3 Å². The van der Waals surface area contributed by atoms with Gasteiger partial charge in [0.2, 0.25) is 0 Å². The molecule has 1 heterocycles. The van der Waals surface area contributed by atoms with Crippen LogP contribution in [0.2, 0.25) is 0 Å². The highest BCUT2D eigenvalue weighted by Gasteiger charge is 2.17. The van der Waals surface area contributed by atoms with Gasteiger partial charge in [-0.2, -0.15) is 0 Å². The number of nitrogens with two attached hydrogens (primary N) is 1. The van der Waals surface area contributed by atoms with Gasteiger partial charge < -0.3 is 5.73 Å². The lowest BCUT2D eigenvalue weighted by Crippen LogP contribution is -2.10. The van der Waals surface area contributed by atoms with Gasteiger partial charge in [-0.25, -0.2) is 9.37 Å². The lowest BCUT2D eigenvalue weighted by atomic mass is 10.0. The normalized spacial score (nSPS) is 20.2. The topological polar surface area (TPSA) is 38.9 Å². The summed E-state index contributed by atoms with van der Waals surface area (Å²) in [6, 6.07) is 7.93. The van der Waals surface area contributed by atoms with Gasteiger partial charge in [-0.05, 0) is 18.2 Å². The molecule has 1 unspecified atom stereocenters. The highest BCUT2D eigenvalue weighted by Crippen LogP contribution is 2.32. The predicted molar refractivity (Wildman–Crippen MR) is 69.4 cm³/mol. The number of aromatic nitrogens is 1. The predicted octanol–water partition coefficient (Wildman–Crippen LogP) is 3.26. The minimum atomic E-state index is -0.965. The van der Waals surface area contributed by atoms with Crippen LogP contribution in [0.15, 0.2) is 42.1 Å². The first kappa shape index (κ1) is 10.5. The number of hydrogen-bond donors (Lipinski definition) is 1. The third-order valence-corrected chi connectivity index (χ3v) is 3.81. The molecule has 86 valence electrons. The van der Waals surface area contributed by atoms with E-state index in [1.54, 1.807) is 11.3 Å². The second-order valence-electron chi connectivity index (χ2n) is 3.98. The Balaban J connectivity index is 2.07. The molecule has 0 spiro atoms. The highest BCUT2D eigenvalue weighted by atomic mass is 32.1. The fourth-order valence-corrected chi connectivity index (χ4v) is 2.93. The molecule has 1 aliphatic rings. The summed E-state index contributed by atoms with van der Waals surface area (Å²) in [6.07, 6.45) is 2.71. The van der Waals surface area contributed by atoms with Crippen LogP contribution in [0, 0.1) is 0 Å². The standard InChI is InChI=1S/C13H11FN2S/c14-8-5-6-9(10(15)7-8)13-16-11-3-1-2-4-12(11)17-13/h1-4,6-8H,5,15H2. The van der Waals surface area contributed by atoms with Crippen molar-refractivity contribution in [2.45, 2.75) is 12.6 Å². The largest absolute Gasteiger partial charge is 0.398 e. The maximum atomic E-state index is 13.1. The lowest BCUT2D eigenvalue weighted by molar-refractivity contribution is 0.400. The zero-order valence-electron chi connectivity index (χ0n) is 9.06.